The highest BCUT2D eigenvalue weighted by Crippen LogP contribution is 2.48. The molecule has 130 valence electrons. The molecule has 1 saturated carbocycles. The van der Waals surface area contributed by atoms with Crippen LogP contribution >= 0.6 is 0 Å². The van der Waals surface area contributed by atoms with Gasteiger partial charge in [-0.2, -0.15) is 0 Å². The zero-order chi connectivity index (χ0) is 17.3. The number of para-hydroxylation sites is 1. The predicted molar refractivity (Wildman–Crippen MR) is 94.6 cm³/mol. The maximum atomic E-state index is 13.1. The summed E-state index contributed by atoms with van der Waals surface area (Å²) in [6.45, 7) is 1.07. The van der Waals surface area contributed by atoms with Crippen LogP contribution in [0.2, 0.25) is 0 Å². The monoisotopic (exact) mass is 339 g/mol. The molecule has 1 heterocycles. The fourth-order valence-electron chi connectivity index (χ4n) is 3.56. The van der Waals surface area contributed by atoms with E-state index in [1.54, 1.807) is 7.11 Å². The molecule has 0 saturated heterocycles. The van der Waals surface area contributed by atoms with E-state index in [0.717, 1.165) is 36.3 Å². The Kier molecular flexibility index (Phi) is 3.99. The Morgan fingerprint density at radius 2 is 1.84 bits per heavy atom. The lowest BCUT2D eigenvalue weighted by atomic mass is 9.63. The topological polar surface area (TPSA) is 56.8 Å². The van der Waals surface area contributed by atoms with Gasteiger partial charge < -0.3 is 19.5 Å². The summed E-state index contributed by atoms with van der Waals surface area (Å²) in [4.78, 5) is 13.1. The highest BCUT2D eigenvalue weighted by molar-refractivity contribution is 6.00. The van der Waals surface area contributed by atoms with E-state index < -0.39 is 5.41 Å². The number of amides is 1. The molecule has 4 rings (SSSR count). The van der Waals surface area contributed by atoms with Gasteiger partial charge in [-0.05, 0) is 31.0 Å². The molecule has 5 nitrogen and oxygen atoms in total. The van der Waals surface area contributed by atoms with Crippen molar-refractivity contribution >= 4 is 11.6 Å². The molecule has 2 aromatic carbocycles. The molecule has 1 fully saturated rings. The van der Waals surface area contributed by atoms with Crippen LogP contribution in [0.5, 0.6) is 17.2 Å². The lowest BCUT2D eigenvalue weighted by Gasteiger charge is -2.41. The highest BCUT2D eigenvalue weighted by atomic mass is 16.6. The molecule has 1 N–H and O–H groups in total. The molecule has 2 aromatic rings. The molecule has 0 spiro atoms. The van der Waals surface area contributed by atoms with E-state index in [4.69, 9.17) is 14.2 Å². The molecule has 0 atom stereocenters. The maximum absolute atomic E-state index is 13.1. The van der Waals surface area contributed by atoms with E-state index in [0.29, 0.717) is 24.7 Å². The molecule has 1 aliphatic carbocycles. The summed E-state index contributed by atoms with van der Waals surface area (Å²) in [5.74, 6) is 2.15. The smallest absolute Gasteiger partial charge is 0.235 e. The second-order valence-electron chi connectivity index (χ2n) is 6.45. The van der Waals surface area contributed by atoms with Gasteiger partial charge in [0.25, 0.3) is 0 Å². The van der Waals surface area contributed by atoms with E-state index >= 15 is 0 Å². The van der Waals surface area contributed by atoms with Crippen molar-refractivity contribution in [3.8, 4) is 17.2 Å². The van der Waals surface area contributed by atoms with E-state index in [2.05, 4.69) is 5.32 Å². The fraction of sp³-hybridized carbons (Fsp3) is 0.350. The predicted octanol–water partition coefficient (Wildman–Crippen LogP) is 3.53. The summed E-state index contributed by atoms with van der Waals surface area (Å²) in [6.07, 6.45) is 2.68. The summed E-state index contributed by atoms with van der Waals surface area (Å²) >= 11 is 0. The van der Waals surface area contributed by atoms with Crippen LogP contribution in [0.25, 0.3) is 0 Å². The minimum absolute atomic E-state index is 0.0000668. The zero-order valence-electron chi connectivity index (χ0n) is 14.2. The van der Waals surface area contributed by atoms with Crippen LogP contribution in [0.4, 0.5) is 5.69 Å². The summed E-state index contributed by atoms with van der Waals surface area (Å²) in [5, 5.41) is 3.05. The van der Waals surface area contributed by atoms with Crippen molar-refractivity contribution in [2.45, 2.75) is 24.7 Å². The van der Waals surface area contributed by atoms with Crippen LogP contribution in [0.15, 0.2) is 42.5 Å². The van der Waals surface area contributed by atoms with Crippen molar-refractivity contribution < 1.29 is 19.0 Å². The minimum Gasteiger partial charge on any atom is -0.496 e. The van der Waals surface area contributed by atoms with Crippen LogP contribution in [0, 0.1) is 0 Å². The number of carbonyl (C=O) groups excluding carboxylic acids is 1. The van der Waals surface area contributed by atoms with Crippen molar-refractivity contribution in [3.05, 3.63) is 48.0 Å². The third-order valence-corrected chi connectivity index (χ3v) is 5.06. The fourth-order valence-corrected chi connectivity index (χ4v) is 3.56. The van der Waals surface area contributed by atoms with Gasteiger partial charge in [-0.1, -0.05) is 24.6 Å². The van der Waals surface area contributed by atoms with Gasteiger partial charge in [-0.15, -0.1) is 0 Å². The molecule has 2 aliphatic rings. The number of fused-ring (bicyclic) bond motifs is 1. The van der Waals surface area contributed by atoms with Crippen molar-refractivity contribution in [2.24, 2.45) is 0 Å². The summed E-state index contributed by atoms with van der Waals surface area (Å²) in [6, 6.07) is 13.3. The largest absolute Gasteiger partial charge is 0.496 e. The molecule has 0 aromatic heterocycles. The summed E-state index contributed by atoms with van der Waals surface area (Å²) < 4.78 is 16.6. The van der Waals surface area contributed by atoms with Gasteiger partial charge in [0.2, 0.25) is 5.91 Å². The van der Waals surface area contributed by atoms with Gasteiger partial charge in [0.1, 0.15) is 19.0 Å². The lowest BCUT2D eigenvalue weighted by Crippen LogP contribution is -2.46. The first-order chi connectivity index (χ1) is 12.2. The van der Waals surface area contributed by atoms with Gasteiger partial charge >= 0.3 is 0 Å². The van der Waals surface area contributed by atoms with Crippen LogP contribution < -0.4 is 19.5 Å². The number of hydrogen-bond acceptors (Lipinski definition) is 4. The van der Waals surface area contributed by atoms with Crippen molar-refractivity contribution in [3.63, 3.8) is 0 Å². The minimum atomic E-state index is -0.528. The Bertz CT molecular complexity index is 798. The molecule has 1 aliphatic heterocycles. The quantitative estimate of drug-likeness (QED) is 0.926. The van der Waals surface area contributed by atoms with Gasteiger partial charge in [-0.25, -0.2) is 0 Å². The van der Waals surface area contributed by atoms with Crippen molar-refractivity contribution in [1.29, 1.82) is 0 Å². The van der Waals surface area contributed by atoms with Gasteiger partial charge in [0.15, 0.2) is 11.5 Å². The number of nitrogens with one attached hydrogen (secondary N) is 1. The molecule has 25 heavy (non-hydrogen) atoms. The van der Waals surface area contributed by atoms with Crippen LogP contribution in [-0.2, 0) is 10.2 Å². The Morgan fingerprint density at radius 1 is 1.08 bits per heavy atom. The first-order valence-electron chi connectivity index (χ1n) is 8.57. The van der Waals surface area contributed by atoms with Crippen molar-refractivity contribution in [2.75, 3.05) is 25.6 Å². The molecular formula is C20H21NO4. The molecule has 0 bridgehead atoms. The SMILES string of the molecule is COc1ccccc1C1(C(=O)Nc2ccc3c(c2)OCCO3)CCC1. The Labute approximate surface area is 146 Å². The number of methoxy groups -OCH3 is 1. The number of benzene rings is 2. The number of hydrogen-bond donors (Lipinski definition) is 1. The molecule has 0 radical (unpaired) electrons. The lowest BCUT2D eigenvalue weighted by molar-refractivity contribution is -0.124. The molecule has 0 unspecified atom stereocenters. The van der Waals surface area contributed by atoms with Gasteiger partial charge in [0, 0.05) is 17.3 Å². The normalized spacial score (nSPS) is 17.3. The number of anilines is 1. The van der Waals surface area contributed by atoms with Gasteiger partial charge in [-0.3, -0.25) is 4.79 Å². The Morgan fingerprint density at radius 3 is 2.56 bits per heavy atom. The van der Waals surface area contributed by atoms with E-state index in [1.807, 2.05) is 42.5 Å². The van der Waals surface area contributed by atoms with Crippen LogP contribution in [-0.4, -0.2) is 26.2 Å². The summed E-state index contributed by atoms with van der Waals surface area (Å²) in [7, 11) is 1.64. The first kappa shape index (κ1) is 15.8. The second kappa shape index (κ2) is 6.31. The molecule has 5 heteroatoms. The molecular weight excluding hydrogens is 318 g/mol. The number of carbonyl (C=O) groups is 1. The first-order valence-corrected chi connectivity index (χ1v) is 8.57. The average molecular weight is 339 g/mol. The summed E-state index contributed by atoms with van der Waals surface area (Å²) in [5.41, 5.74) is 1.15. The third-order valence-electron chi connectivity index (χ3n) is 5.06. The van der Waals surface area contributed by atoms with E-state index in [-0.39, 0.29) is 5.91 Å². The van der Waals surface area contributed by atoms with Crippen LogP contribution in [0.1, 0.15) is 24.8 Å². The van der Waals surface area contributed by atoms with E-state index in [9.17, 15) is 4.79 Å². The standard InChI is InChI=1S/C20H21NO4/c1-23-16-6-3-2-5-15(16)20(9-4-10-20)19(22)21-14-7-8-17-18(13-14)25-12-11-24-17/h2-3,5-8,13H,4,9-12H2,1H3,(H,21,22). The van der Waals surface area contributed by atoms with E-state index in [1.165, 1.54) is 0 Å². The zero-order valence-corrected chi connectivity index (χ0v) is 14.2. The average Bonchev–Trinajstić information content (AvgIpc) is 2.61. The van der Waals surface area contributed by atoms with Crippen LogP contribution in [0.3, 0.4) is 0 Å². The Balaban J connectivity index is 1.61. The third kappa shape index (κ3) is 2.69. The maximum Gasteiger partial charge on any atom is 0.235 e. The molecule has 1 amide bonds. The Hall–Kier alpha value is -2.69. The number of rotatable bonds is 4. The number of ether oxygens (including phenoxy) is 3. The van der Waals surface area contributed by atoms with Crippen molar-refractivity contribution in [1.82, 2.24) is 0 Å². The second-order valence-corrected chi connectivity index (χ2v) is 6.45. The highest BCUT2D eigenvalue weighted by Gasteiger charge is 2.47. The van der Waals surface area contributed by atoms with Gasteiger partial charge in [0.05, 0.1) is 12.5 Å².